The second kappa shape index (κ2) is 15.1. The van der Waals surface area contributed by atoms with Crippen molar-refractivity contribution in [3.8, 4) is 0 Å². The third-order valence-electron chi connectivity index (χ3n) is 7.34. The quantitative estimate of drug-likeness (QED) is 0.158. The molecule has 1 aromatic rings. The van der Waals surface area contributed by atoms with Crippen LogP contribution in [0.15, 0.2) is 30.3 Å². The number of benzene rings is 1. The molecule has 0 spiro atoms. The molecule has 0 saturated carbocycles. The first-order valence-corrected chi connectivity index (χ1v) is 14.2. The van der Waals surface area contributed by atoms with Gasteiger partial charge < -0.3 is 46.8 Å². The summed E-state index contributed by atoms with van der Waals surface area (Å²) in [5, 5.41) is 40.8. The molecule has 17 nitrogen and oxygen atoms in total. The molecule has 2 saturated heterocycles. The van der Waals surface area contributed by atoms with Gasteiger partial charge in [-0.25, -0.2) is 0 Å². The van der Waals surface area contributed by atoms with Gasteiger partial charge in [0, 0.05) is 6.54 Å². The van der Waals surface area contributed by atoms with Crippen molar-refractivity contribution < 1.29 is 53.7 Å². The minimum atomic E-state index is -1.82. The Morgan fingerprint density at radius 2 is 1.40 bits per heavy atom. The van der Waals surface area contributed by atoms with Gasteiger partial charge in [0.05, 0.1) is 18.9 Å². The van der Waals surface area contributed by atoms with Crippen LogP contribution in [0.2, 0.25) is 0 Å². The van der Waals surface area contributed by atoms with E-state index >= 15 is 0 Å². The smallest absolute Gasteiger partial charge is 0.305 e. The summed E-state index contributed by atoms with van der Waals surface area (Å²) in [6, 6.07) is -1.40. The van der Waals surface area contributed by atoms with E-state index in [0.717, 1.165) is 11.8 Å². The third kappa shape index (κ3) is 8.98. The second-order valence-electron chi connectivity index (χ2n) is 10.8. The van der Waals surface area contributed by atoms with Crippen LogP contribution in [-0.4, -0.2) is 110 Å². The molecular weight excluding hydrogens is 596 g/mol. The normalized spacial score (nSPS) is 27.8. The van der Waals surface area contributed by atoms with E-state index in [9.17, 15) is 53.7 Å². The van der Waals surface area contributed by atoms with E-state index in [1.54, 1.807) is 18.2 Å². The van der Waals surface area contributed by atoms with Crippen LogP contribution in [0.5, 0.6) is 0 Å². The van der Waals surface area contributed by atoms with E-state index in [0.29, 0.717) is 6.42 Å². The van der Waals surface area contributed by atoms with Crippen LogP contribution in [0.3, 0.4) is 0 Å². The van der Waals surface area contributed by atoms with Gasteiger partial charge in [-0.3, -0.25) is 38.4 Å². The number of carboxylic acid groups (broad SMARTS) is 2. The molecule has 8 N–H and O–H groups in total. The Hall–Kier alpha value is -5.06. The molecule has 17 heteroatoms. The minimum absolute atomic E-state index is 0.0349. The lowest BCUT2D eigenvalue weighted by Crippen LogP contribution is -2.62. The second-order valence-corrected chi connectivity index (χ2v) is 10.8. The van der Waals surface area contributed by atoms with Crippen LogP contribution in [-0.2, 0) is 38.4 Å². The molecule has 7 atom stereocenters. The van der Waals surface area contributed by atoms with Crippen LogP contribution in [0.1, 0.15) is 51.1 Å². The van der Waals surface area contributed by atoms with Crippen LogP contribution in [0.25, 0.3) is 0 Å². The fraction of sp³-hybridized carbons (Fsp3) is 0.500. The predicted octanol–water partition coefficient (Wildman–Crippen LogP) is -2.86. The Bertz CT molecular complexity index is 1340. The molecule has 2 fully saturated rings. The summed E-state index contributed by atoms with van der Waals surface area (Å²) in [6.45, 7) is 2.47. The zero-order chi connectivity index (χ0) is 33.4. The lowest BCUT2D eigenvalue weighted by atomic mass is 10.0. The maximum absolute atomic E-state index is 13.5. The van der Waals surface area contributed by atoms with Crippen molar-refractivity contribution in [2.45, 2.75) is 81.9 Å². The number of rotatable bonds is 6. The van der Waals surface area contributed by atoms with E-state index in [-0.39, 0.29) is 18.5 Å². The molecule has 244 valence electrons. The van der Waals surface area contributed by atoms with E-state index in [1.165, 1.54) is 19.1 Å². The zero-order valence-electron chi connectivity index (χ0n) is 24.5. The number of fused-ring (bicyclic) bond motifs is 1. The summed E-state index contributed by atoms with van der Waals surface area (Å²) < 4.78 is 0. The summed E-state index contributed by atoms with van der Waals surface area (Å²) in [6.07, 6.45) is -2.99. The summed E-state index contributed by atoms with van der Waals surface area (Å²) in [5.74, 6) is -8.85. The zero-order valence-corrected chi connectivity index (χ0v) is 24.5. The number of hydrogen-bond donors (Lipinski definition) is 8. The van der Waals surface area contributed by atoms with E-state index in [4.69, 9.17) is 0 Å². The standard InChI is InChI=1S/C28H36N6O11/c1-13-23(40)33-22(15-7-4-3-5-8-15)27(44)30-16(11-19(36)37)24(41)32-21(14(2)35)26(43)31-17(12-20(38)39)28(45)34-10-6-9-18(34)25(42)29-13/h3-5,7-8,13-14,16-18,21-22,35H,6,9-12H2,1-2H3,(H,29,42)(H,30,44)(H,31,43)(H,32,41)(H,33,40)(H,36,37)(H,38,39)/t13-,14+,16-,17-,18+,21-,22+/m0/s1. The molecule has 2 aliphatic rings. The Kier molecular flexibility index (Phi) is 11.5. The first kappa shape index (κ1) is 34.4. The third-order valence-corrected chi connectivity index (χ3v) is 7.34. The van der Waals surface area contributed by atoms with Gasteiger partial charge >= 0.3 is 11.9 Å². The molecule has 0 radical (unpaired) electrons. The van der Waals surface area contributed by atoms with Crippen molar-refractivity contribution in [3.63, 3.8) is 0 Å². The van der Waals surface area contributed by atoms with Gasteiger partial charge in [0.15, 0.2) is 0 Å². The highest BCUT2D eigenvalue weighted by atomic mass is 16.4. The number of aliphatic hydroxyl groups excluding tert-OH is 1. The minimum Gasteiger partial charge on any atom is -0.481 e. The molecule has 0 aliphatic carbocycles. The van der Waals surface area contributed by atoms with Gasteiger partial charge in [0.2, 0.25) is 35.4 Å². The van der Waals surface area contributed by atoms with Crippen molar-refractivity contribution in [1.82, 2.24) is 31.5 Å². The average Bonchev–Trinajstić information content (AvgIpc) is 3.46. The summed E-state index contributed by atoms with van der Waals surface area (Å²) in [4.78, 5) is 104. The van der Waals surface area contributed by atoms with Crippen molar-refractivity contribution >= 4 is 47.4 Å². The summed E-state index contributed by atoms with van der Waals surface area (Å²) in [5.41, 5.74) is 0.254. The first-order chi connectivity index (χ1) is 21.2. The SMILES string of the molecule is C[C@@H]1NC(=O)[C@H]2CCCN2C(=O)[C@H](CC(=O)O)NC(=O)[C@H]([C@@H](C)O)NC(=O)[C@H](CC(=O)O)NC(=O)[C@@H](c2ccccc2)NC1=O. The monoisotopic (exact) mass is 632 g/mol. The fourth-order valence-corrected chi connectivity index (χ4v) is 5.03. The Balaban J connectivity index is 2.06. The number of carboxylic acids is 2. The molecule has 1 aromatic carbocycles. The average molecular weight is 633 g/mol. The lowest BCUT2D eigenvalue weighted by molar-refractivity contribution is -0.146. The Labute approximate surface area is 257 Å². The van der Waals surface area contributed by atoms with Gasteiger partial charge in [-0.15, -0.1) is 0 Å². The summed E-state index contributed by atoms with van der Waals surface area (Å²) >= 11 is 0. The van der Waals surface area contributed by atoms with Gasteiger partial charge in [0.1, 0.15) is 36.3 Å². The number of hydrogen-bond acceptors (Lipinski definition) is 9. The number of aliphatic carboxylic acids is 2. The van der Waals surface area contributed by atoms with Gasteiger partial charge in [-0.1, -0.05) is 30.3 Å². The number of carbonyl (C=O) groups excluding carboxylic acids is 6. The van der Waals surface area contributed by atoms with Crippen molar-refractivity contribution in [2.24, 2.45) is 0 Å². The molecule has 45 heavy (non-hydrogen) atoms. The van der Waals surface area contributed by atoms with E-state index in [1.807, 2.05) is 0 Å². The van der Waals surface area contributed by atoms with Crippen molar-refractivity contribution in [1.29, 1.82) is 0 Å². The van der Waals surface area contributed by atoms with Gasteiger partial charge in [0.25, 0.3) is 0 Å². The van der Waals surface area contributed by atoms with Gasteiger partial charge in [-0.2, -0.15) is 0 Å². The number of carbonyl (C=O) groups is 8. The molecule has 0 unspecified atom stereocenters. The fourth-order valence-electron chi connectivity index (χ4n) is 5.03. The molecule has 3 rings (SSSR count). The van der Waals surface area contributed by atoms with Crippen LogP contribution in [0, 0.1) is 0 Å². The molecule has 6 amide bonds. The highest BCUT2D eigenvalue weighted by Gasteiger charge is 2.41. The van der Waals surface area contributed by atoms with Crippen LogP contribution < -0.4 is 26.6 Å². The summed E-state index contributed by atoms with van der Waals surface area (Å²) in [7, 11) is 0. The molecular formula is C28H36N6O11. The first-order valence-electron chi connectivity index (χ1n) is 14.2. The Morgan fingerprint density at radius 3 is 2.00 bits per heavy atom. The number of aliphatic hydroxyl groups is 1. The van der Waals surface area contributed by atoms with Crippen molar-refractivity contribution in [2.75, 3.05) is 6.54 Å². The van der Waals surface area contributed by atoms with Crippen LogP contribution in [0.4, 0.5) is 0 Å². The van der Waals surface area contributed by atoms with Gasteiger partial charge in [-0.05, 0) is 32.3 Å². The number of nitrogens with zero attached hydrogens (tertiary/aromatic N) is 1. The van der Waals surface area contributed by atoms with Crippen LogP contribution >= 0.6 is 0 Å². The highest BCUT2D eigenvalue weighted by molar-refractivity contribution is 6.00. The largest absolute Gasteiger partial charge is 0.481 e. The predicted molar refractivity (Wildman–Crippen MR) is 152 cm³/mol. The Morgan fingerprint density at radius 1 is 0.800 bits per heavy atom. The topological polar surface area (TPSA) is 261 Å². The maximum atomic E-state index is 13.5. The number of nitrogens with one attached hydrogen (secondary N) is 5. The van der Waals surface area contributed by atoms with Crippen molar-refractivity contribution in [3.05, 3.63) is 35.9 Å². The molecule has 0 aromatic heterocycles. The highest BCUT2D eigenvalue weighted by Crippen LogP contribution is 2.20. The van der Waals surface area contributed by atoms with E-state index < -0.39 is 103 Å². The lowest BCUT2D eigenvalue weighted by Gasteiger charge is -2.31. The van der Waals surface area contributed by atoms with E-state index in [2.05, 4.69) is 26.6 Å². The molecule has 2 heterocycles. The molecule has 2 aliphatic heterocycles. The number of amides is 6. The molecule has 0 bridgehead atoms. The maximum Gasteiger partial charge on any atom is 0.305 e.